The van der Waals surface area contributed by atoms with Crippen LogP contribution in [0.15, 0.2) is 18.2 Å². The Balaban J connectivity index is 1.45. The normalized spacial score (nSPS) is 26.5. The predicted molar refractivity (Wildman–Crippen MR) is 92.0 cm³/mol. The van der Waals surface area contributed by atoms with Crippen molar-refractivity contribution >= 4 is 11.8 Å². The van der Waals surface area contributed by atoms with E-state index < -0.39 is 17.0 Å². The lowest BCUT2D eigenvalue weighted by Gasteiger charge is -2.39. The number of nitrogens with zero attached hydrogens (tertiary/aromatic N) is 2. The van der Waals surface area contributed by atoms with E-state index in [1.807, 2.05) is 4.90 Å². The minimum atomic E-state index is -0.889. The Morgan fingerprint density at radius 2 is 1.92 bits per heavy atom. The van der Waals surface area contributed by atoms with E-state index in [1.54, 1.807) is 4.90 Å². The molecule has 4 rings (SSSR count). The van der Waals surface area contributed by atoms with Crippen molar-refractivity contribution in [3.05, 3.63) is 35.4 Å². The fourth-order valence-corrected chi connectivity index (χ4v) is 4.51. The van der Waals surface area contributed by atoms with Gasteiger partial charge in [0.25, 0.3) is 0 Å². The fourth-order valence-electron chi connectivity index (χ4n) is 4.51. The summed E-state index contributed by atoms with van der Waals surface area (Å²) in [5.41, 5.74) is 0.102. The van der Waals surface area contributed by atoms with Crippen LogP contribution < -0.4 is 0 Å². The number of halogens is 2. The quantitative estimate of drug-likeness (QED) is 0.829. The average molecular weight is 362 g/mol. The average Bonchev–Trinajstić information content (AvgIpc) is 2.99. The third-order valence-electron chi connectivity index (χ3n) is 6.30. The van der Waals surface area contributed by atoms with Crippen LogP contribution in [0.25, 0.3) is 0 Å². The molecule has 26 heavy (non-hydrogen) atoms. The minimum Gasteiger partial charge on any atom is -0.341 e. The number of rotatable bonds is 3. The number of hydrogen-bond donors (Lipinski definition) is 0. The van der Waals surface area contributed by atoms with Gasteiger partial charge in [-0.25, -0.2) is 8.78 Å². The molecule has 6 heteroatoms. The summed E-state index contributed by atoms with van der Waals surface area (Å²) in [6.07, 6.45) is 5.45. The lowest BCUT2D eigenvalue weighted by atomic mass is 9.78. The molecule has 1 aliphatic carbocycles. The molecular weight excluding hydrogens is 338 g/mol. The predicted octanol–water partition coefficient (Wildman–Crippen LogP) is 3.11. The van der Waals surface area contributed by atoms with Crippen LogP contribution >= 0.6 is 0 Å². The first-order valence-corrected chi connectivity index (χ1v) is 9.51. The van der Waals surface area contributed by atoms with E-state index in [2.05, 4.69) is 0 Å². The molecule has 3 fully saturated rings. The topological polar surface area (TPSA) is 40.6 Å². The summed E-state index contributed by atoms with van der Waals surface area (Å²) in [5, 5.41) is 0. The van der Waals surface area contributed by atoms with Gasteiger partial charge in [-0.05, 0) is 49.8 Å². The second-order valence-corrected chi connectivity index (χ2v) is 8.00. The largest absolute Gasteiger partial charge is 0.341 e. The van der Waals surface area contributed by atoms with Crippen molar-refractivity contribution in [1.29, 1.82) is 0 Å². The van der Waals surface area contributed by atoms with Crippen LogP contribution in [0.1, 0.15) is 44.1 Å². The number of hydrogen-bond acceptors (Lipinski definition) is 2. The molecule has 2 heterocycles. The van der Waals surface area contributed by atoms with Gasteiger partial charge in [-0.2, -0.15) is 0 Å². The summed E-state index contributed by atoms with van der Waals surface area (Å²) in [6.45, 7) is 2.07. The van der Waals surface area contributed by atoms with Gasteiger partial charge in [-0.1, -0.05) is 12.5 Å². The van der Waals surface area contributed by atoms with Crippen LogP contribution in [0.3, 0.4) is 0 Å². The summed E-state index contributed by atoms with van der Waals surface area (Å²) in [7, 11) is 0. The highest BCUT2D eigenvalue weighted by Gasteiger charge is 2.50. The zero-order chi connectivity index (χ0) is 18.3. The van der Waals surface area contributed by atoms with E-state index in [4.69, 9.17) is 0 Å². The van der Waals surface area contributed by atoms with Gasteiger partial charge in [0.2, 0.25) is 11.8 Å². The highest BCUT2D eigenvalue weighted by atomic mass is 19.2. The second kappa shape index (κ2) is 6.63. The minimum absolute atomic E-state index is 0.0531. The van der Waals surface area contributed by atoms with Gasteiger partial charge in [0.05, 0.1) is 5.41 Å². The Morgan fingerprint density at radius 1 is 1.12 bits per heavy atom. The molecule has 4 nitrogen and oxygen atoms in total. The van der Waals surface area contributed by atoms with Gasteiger partial charge >= 0.3 is 0 Å². The van der Waals surface area contributed by atoms with Gasteiger partial charge < -0.3 is 9.80 Å². The molecule has 2 aliphatic heterocycles. The maximum absolute atomic E-state index is 13.5. The summed E-state index contributed by atoms with van der Waals surface area (Å²) >= 11 is 0. The molecule has 0 unspecified atom stereocenters. The Bertz CT molecular complexity index is 735. The zero-order valence-electron chi connectivity index (χ0n) is 14.8. The zero-order valence-corrected chi connectivity index (χ0v) is 14.8. The lowest BCUT2D eigenvalue weighted by molar-refractivity contribution is -0.147. The smallest absolute Gasteiger partial charge is 0.230 e. The summed E-state index contributed by atoms with van der Waals surface area (Å²) in [6, 6.07) is 3.78. The first-order valence-electron chi connectivity index (χ1n) is 9.51. The molecule has 0 N–H and O–H groups in total. The van der Waals surface area contributed by atoms with Crippen LogP contribution in [0.4, 0.5) is 8.78 Å². The van der Waals surface area contributed by atoms with Crippen molar-refractivity contribution in [2.24, 2.45) is 11.3 Å². The van der Waals surface area contributed by atoms with Gasteiger partial charge in [0, 0.05) is 32.1 Å². The van der Waals surface area contributed by atoms with E-state index in [-0.39, 0.29) is 24.3 Å². The number of piperidine rings is 1. The fraction of sp³-hybridized carbons (Fsp3) is 0.600. The van der Waals surface area contributed by atoms with Crippen molar-refractivity contribution in [1.82, 2.24) is 9.80 Å². The molecule has 1 spiro atoms. The molecule has 1 aromatic carbocycles. The second-order valence-electron chi connectivity index (χ2n) is 8.00. The molecular formula is C20H24F2N2O2. The van der Waals surface area contributed by atoms with Crippen LogP contribution in [0, 0.1) is 23.0 Å². The number of carbonyl (C=O) groups excluding carboxylic acids is 2. The van der Waals surface area contributed by atoms with Crippen molar-refractivity contribution in [3.8, 4) is 0 Å². The SMILES string of the molecule is O=C(C1CCC1)N1CC[C@]2(CCCN(Cc3ccc(F)c(F)c3)C2=O)C1. The Kier molecular flexibility index (Phi) is 4.45. The third-order valence-corrected chi connectivity index (χ3v) is 6.30. The molecule has 0 radical (unpaired) electrons. The van der Waals surface area contributed by atoms with Gasteiger partial charge in [-0.15, -0.1) is 0 Å². The molecule has 2 saturated heterocycles. The van der Waals surface area contributed by atoms with Crippen molar-refractivity contribution in [2.45, 2.75) is 45.1 Å². The first kappa shape index (κ1) is 17.4. The lowest BCUT2D eigenvalue weighted by Crippen LogP contribution is -2.50. The van der Waals surface area contributed by atoms with Crippen LogP contribution in [0.2, 0.25) is 0 Å². The van der Waals surface area contributed by atoms with Crippen LogP contribution in [-0.2, 0) is 16.1 Å². The maximum atomic E-state index is 13.5. The van der Waals surface area contributed by atoms with Crippen LogP contribution in [0.5, 0.6) is 0 Å². The van der Waals surface area contributed by atoms with E-state index >= 15 is 0 Å². The summed E-state index contributed by atoms with van der Waals surface area (Å²) in [5.74, 6) is -1.35. The van der Waals surface area contributed by atoms with E-state index in [9.17, 15) is 18.4 Å². The molecule has 140 valence electrons. The molecule has 1 saturated carbocycles. The van der Waals surface area contributed by atoms with E-state index in [0.717, 1.165) is 44.2 Å². The molecule has 2 amide bonds. The third kappa shape index (κ3) is 2.99. The van der Waals surface area contributed by atoms with Gasteiger partial charge in [0.15, 0.2) is 11.6 Å². The van der Waals surface area contributed by atoms with Crippen molar-refractivity contribution in [3.63, 3.8) is 0 Å². The van der Waals surface area contributed by atoms with Crippen molar-refractivity contribution < 1.29 is 18.4 Å². The van der Waals surface area contributed by atoms with Crippen LogP contribution in [-0.4, -0.2) is 41.2 Å². The van der Waals surface area contributed by atoms with E-state index in [1.165, 1.54) is 6.07 Å². The Labute approximate surface area is 152 Å². The first-order chi connectivity index (χ1) is 12.5. The maximum Gasteiger partial charge on any atom is 0.230 e. The number of carbonyl (C=O) groups is 2. The standard InChI is InChI=1S/C20H24F2N2O2/c21-16-6-5-14(11-17(16)22)12-23-9-2-7-20(19(23)26)8-10-24(13-20)18(25)15-3-1-4-15/h5-6,11,15H,1-4,7-10,12-13H2/t20-/m1/s1. The Morgan fingerprint density at radius 3 is 2.62 bits per heavy atom. The highest BCUT2D eigenvalue weighted by Crippen LogP contribution is 2.42. The number of likely N-dealkylation sites (tertiary alicyclic amines) is 2. The monoisotopic (exact) mass is 362 g/mol. The Hall–Kier alpha value is -1.98. The molecule has 1 aromatic rings. The van der Waals surface area contributed by atoms with Gasteiger partial charge in [-0.3, -0.25) is 9.59 Å². The number of amides is 2. The molecule has 1 atom stereocenters. The number of benzene rings is 1. The molecule has 3 aliphatic rings. The molecule has 0 bridgehead atoms. The summed E-state index contributed by atoms with van der Waals surface area (Å²) in [4.78, 5) is 29.3. The molecule has 0 aromatic heterocycles. The summed E-state index contributed by atoms with van der Waals surface area (Å²) < 4.78 is 26.6. The van der Waals surface area contributed by atoms with Gasteiger partial charge in [0.1, 0.15) is 0 Å². The van der Waals surface area contributed by atoms with Crippen molar-refractivity contribution in [2.75, 3.05) is 19.6 Å². The highest BCUT2D eigenvalue weighted by molar-refractivity contribution is 5.86. The van der Waals surface area contributed by atoms with E-state index in [0.29, 0.717) is 31.6 Å².